The van der Waals surface area contributed by atoms with E-state index in [9.17, 15) is 4.79 Å². The van der Waals surface area contributed by atoms with Gasteiger partial charge in [-0.25, -0.2) is 4.98 Å². The molecule has 1 aromatic heterocycles. The smallest absolute Gasteiger partial charge is 0.255 e. The summed E-state index contributed by atoms with van der Waals surface area (Å²) < 4.78 is 5.38. The molecule has 1 aromatic rings. The molecule has 0 radical (unpaired) electrons. The van der Waals surface area contributed by atoms with Gasteiger partial charge in [0.1, 0.15) is 5.82 Å². The number of aromatic nitrogens is 1. The average Bonchev–Trinajstić information content (AvgIpc) is 2.58. The summed E-state index contributed by atoms with van der Waals surface area (Å²) in [7, 11) is 0. The Morgan fingerprint density at radius 1 is 1.45 bits per heavy atom. The molecule has 0 spiro atoms. The maximum absolute atomic E-state index is 12.7. The van der Waals surface area contributed by atoms with Gasteiger partial charge in [-0.1, -0.05) is 0 Å². The quantitative estimate of drug-likeness (QED) is 0.864. The van der Waals surface area contributed by atoms with E-state index in [1.807, 2.05) is 12.1 Å². The van der Waals surface area contributed by atoms with E-state index >= 15 is 0 Å². The first-order valence-electron chi connectivity index (χ1n) is 8.07. The molecule has 0 saturated carbocycles. The maximum Gasteiger partial charge on any atom is 0.255 e. The van der Waals surface area contributed by atoms with E-state index in [4.69, 9.17) is 4.74 Å². The van der Waals surface area contributed by atoms with Crippen LogP contribution in [0.25, 0.3) is 0 Å². The van der Waals surface area contributed by atoms with Gasteiger partial charge in [-0.15, -0.1) is 0 Å². The van der Waals surface area contributed by atoms with Crippen molar-refractivity contribution in [1.82, 2.24) is 15.6 Å². The average molecular weight is 304 g/mol. The predicted molar refractivity (Wildman–Crippen MR) is 85.2 cm³/mol. The number of anilines is 1. The summed E-state index contributed by atoms with van der Waals surface area (Å²) in [6.45, 7) is 6.06. The number of carbonyl (C=O) groups excluding carboxylic acids is 1. The molecule has 3 heterocycles. The molecule has 0 bridgehead atoms. The molecule has 2 fully saturated rings. The van der Waals surface area contributed by atoms with Crippen molar-refractivity contribution in [2.45, 2.75) is 31.8 Å². The SMILES string of the molecule is CC1NCCCC1NC(=O)c1cccnc1N1CCOCC1. The molecular weight excluding hydrogens is 280 g/mol. The van der Waals surface area contributed by atoms with Gasteiger partial charge in [0.2, 0.25) is 0 Å². The van der Waals surface area contributed by atoms with Gasteiger partial charge >= 0.3 is 0 Å². The Kier molecular flexibility index (Phi) is 4.90. The molecule has 2 aliphatic rings. The van der Waals surface area contributed by atoms with Crippen LogP contribution in [0.5, 0.6) is 0 Å². The maximum atomic E-state index is 12.7. The Morgan fingerprint density at radius 3 is 3.05 bits per heavy atom. The van der Waals surface area contributed by atoms with Crippen LogP contribution in [0.1, 0.15) is 30.1 Å². The highest BCUT2D eigenvalue weighted by molar-refractivity contribution is 5.99. The molecule has 0 aliphatic carbocycles. The fourth-order valence-electron chi connectivity index (χ4n) is 3.09. The molecule has 1 amide bonds. The van der Waals surface area contributed by atoms with Crippen molar-refractivity contribution in [2.75, 3.05) is 37.7 Å². The van der Waals surface area contributed by atoms with E-state index in [-0.39, 0.29) is 11.9 Å². The number of hydrogen-bond acceptors (Lipinski definition) is 5. The summed E-state index contributed by atoms with van der Waals surface area (Å²) in [4.78, 5) is 19.2. The Bertz CT molecular complexity index is 517. The highest BCUT2D eigenvalue weighted by atomic mass is 16.5. The zero-order valence-electron chi connectivity index (χ0n) is 13.0. The minimum atomic E-state index is -0.0323. The molecule has 3 rings (SSSR count). The molecule has 2 unspecified atom stereocenters. The van der Waals surface area contributed by atoms with Crippen molar-refractivity contribution >= 4 is 11.7 Å². The van der Waals surface area contributed by atoms with Crippen molar-refractivity contribution in [2.24, 2.45) is 0 Å². The van der Waals surface area contributed by atoms with Gasteiger partial charge in [-0.3, -0.25) is 4.79 Å². The van der Waals surface area contributed by atoms with Gasteiger partial charge in [0.05, 0.1) is 18.8 Å². The number of rotatable bonds is 3. The molecule has 120 valence electrons. The van der Waals surface area contributed by atoms with Gasteiger partial charge < -0.3 is 20.3 Å². The second kappa shape index (κ2) is 7.07. The molecule has 6 heteroatoms. The molecule has 2 aliphatic heterocycles. The lowest BCUT2D eigenvalue weighted by molar-refractivity contribution is 0.0918. The van der Waals surface area contributed by atoms with Crippen LogP contribution in [0.4, 0.5) is 5.82 Å². The summed E-state index contributed by atoms with van der Waals surface area (Å²) in [5, 5.41) is 6.57. The van der Waals surface area contributed by atoms with Gasteiger partial charge in [0.25, 0.3) is 5.91 Å². The van der Waals surface area contributed by atoms with Crippen LogP contribution in [0, 0.1) is 0 Å². The lowest BCUT2D eigenvalue weighted by atomic mass is 9.99. The van der Waals surface area contributed by atoms with Crippen molar-refractivity contribution in [3.8, 4) is 0 Å². The summed E-state index contributed by atoms with van der Waals surface area (Å²) in [5.74, 6) is 0.731. The van der Waals surface area contributed by atoms with Gasteiger partial charge in [0, 0.05) is 31.4 Å². The monoisotopic (exact) mass is 304 g/mol. The van der Waals surface area contributed by atoms with Crippen molar-refractivity contribution in [1.29, 1.82) is 0 Å². The van der Waals surface area contributed by atoms with Crippen LogP contribution in [-0.4, -0.2) is 55.8 Å². The molecular formula is C16H24N4O2. The second-order valence-electron chi connectivity index (χ2n) is 5.94. The third-order valence-corrected chi connectivity index (χ3v) is 4.42. The predicted octanol–water partition coefficient (Wildman–Crippen LogP) is 0.788. The number of morpholine rings is 1. The molecule has 2 N–H and O–H groups in total. The first-order chi connectivity index (χ1) is 10.8. The topological polar surface area (TPSA) is 66.5 Å². The normalized spacial score (nSPS) is 25.8. The third-order valence-electron chi connectivity index (χ3n) is 4.42. The van der Waals surface area contributed by atoms with E-state index < -0.39 is 0 Å². The number of carbonyl (C=O) groups is 1. The largest absolute Gasteiger partial charge is 0.378 e. The Labute approximate surface area is 131 Å². The van der Waals surface area contributed by atoms with Gasteiger partial charge in [-0.05, 0) is 38.4 Å². The van der Waals surface area contributed by atoms with E-state index in [0.29, 0.717) is 24.8 Å². The highest BCUT2D eigenvalue weighted by Crippen LogP contribution is 2.19. The number of amides is 1. The van der Waals surface area contributed by atoms with Crippen LogP contribution < -0.4 is 15.5 Å². The summed E-state index contributed by atoms with van der Waals surface area (Å²) in [6, 6.07) is 4.16. The van der Waals surface area contributed by atoms with Crippen molar-refractivity contribution < 1.29 is 9.53 Å². The van der Waals surface area contributed by atoms with Gasteiger partial charge in [-0.2, -0.15) is 0 Å². The Hall–Kier alpha value is -1.66. The molecule has 2 saturated heterocycles. The van der Waals surface area contributed by atoms with Crippen LogP contribution >= 0.6 is 0 Å². The molecule has 0 aromatic carbocycles. The second-order valence-corrected chi connectivity index (χ2v) is 5.94. The molecule has 6 nitrogen and oxygen atoms in total. The fraction of sp³-hybridized carbons (Fsp3) is 0.625. The highest BCUT2D eigenvalue weighted by Gasteiger charge is 2.25. The Balaban J connectivity index is 1.74. The summed E-state index contributed by atoms with van der Waals surface area (Å²) in [6.07, 6.45) is 3.86. The van der Waals surface area contributed by atoms with Gasteiger partial charge in [0.15, 0.2) is 0 Å². The number of hydrogen-bond donors (Lipinski definition) is 2. The van der Waals surface area contributed by atoms with Crippen LogP contribution in [0.15, 0.2) is 18.3 Å². The summed E-state index contributed by atoms with van der Waals surface area (Å²) >= 11 is 0. The Morgan fingerprint density at radius 2 is 2.27 bits per heavy atom. The lowest BCUT2D eigenvalue weighted by Crippen LogP contribution is -2.52. The van der Waals surface area contributed by atoms with E-state index in [1.54, 1.807) is 6.20 Å². The number of nitrogens with one attached hydrogen (secondary N) is 2. The van der Waals surface area contributed by atoms with E-state index in [2.05, 4.69) is 27.4 Å². The first kappa shape index (κ1) is 15.2. The summed E-state index contributed by atoms with van der Waals surface area (Å²) in [5.41, 5.74) is 0.655. The zero-order valence-corrected chi connectivity index (χ0v) is 13.0. The van der Waals surface area contributed by atoms with Crippen molar-refractivity contribution in [3.63, 3.8) is 0 Å². The van der Waals surface area contributed by atoms with E-state index in [1.165, 1.54) is 0 Å². The van der Waals surface area contributed by atoms with E-state index in [0.717, 1.165) is 38.3 Å². The number of piperidine rings is 1. The number of pyridine rings is 1. The number of ether oxygens (including phenoxy) is 1. The molecule has 22 heavy (non-hydrogen) atoms. The van der Waals surface area contributed by atoms with Crippen LogP contribution in [0.2, 0.25) is 0 Å². The third kappa shape index (κ3) is 3.39. The van der Waals surface area contributed by atoms with Crippen LogP contribution in [0.3, 0.4) is 0 Å². The minimum Gasteiger partial charge on any atom is -0.378 e. The molecule has 2 atom stereocenters. The standard InChI is InChI=1S/C16H24N4O2/c1-12-14(5-3-6-17-12)19-16(21)13-4-2-7-18-15(13)20-8-10-22-11-9-20/h2,4,7,12,14,17H,3,5-6,8-11H2,1H3,(H,19,21). The van der Waals surface area contributed by atoms with Crippen LogP contribution in [-0.2, 0) is 4.74 Å². The number of nitrogens with zero attached hydrogens (tertiary/aromatic N) is 2. The fourth-order valence-corrected chi connectivity index (χ4v) is 3.09. The van der Waals surface area contributed by atoms with Crippen molar-refractivity contribution in [3.05, 3.63) is 23.9 Å². The minimum absolute atomic E-state index is 0.0323. The first-order valence-corrected chi connectivity index (χ1v) is 8.07. The zero-order chi connectivity index (χ0) is 15.4. The lowest BCUT2D eigenvalue weighted by Gasteiger charge is -2.32.